The predicted molar refractivity (Wildman–Crippen MR) is 104 cm³/mol. The average molecular weight is 372 g/mol. The van der Waals surface area contributed by atoms with Crippen molar-refractivity contribution in [3.05, 3.63) is 52.2 Å². The van der Waals surface area contributed by atoms with Crippen LogP contribution in [0.5, 0.6) is 0 Å². The van der Waals surface area contributed by atoms with E-state index in [4.69, 9.17) is 4.74 Å². The zero-order chi connectivity index (χ0) is 18.5. The van der Waals surface area contributed by atoms with Gasteiger partial charge in [-0.2, -0.15) is 0 Å². The molecule has 1 aromatic carbocycles. The van der Waals surface area contributed by atoms with Gasteiger partial charge in [0, 0.05) is 17.1 Å². The van der Waals surface area contributed by atoms with Crippen LogP contribution in [-0.2, 0) is 20.7 Å². The third-order valence-corrected chi connectivity index (χ3v) is 5.32. The Hall–Kier alpha value is -2.18. The summed E-state index contributed by atoms with van der Waals surface area (Å²) in [6.07, 6.45) is 0.175. The molecule has 2 amide bonds. The number of hydrogen-bond donors (Lipinski definition) is 1. The fourth-order valence-electron chi connectivity index (χ4n) is 2.90. The van der Waals surface area contributed by atoms with E-state index >= 15 is 0 Å². The van der Waals surface area contributed by atoms with Gasteiger partial charge in [-0.25, -0.2) is 0 Å². The number of carbonyl (C=O) groups excluding carboxylic acids is 2. The minimum atomic E-state index is -0.204. The molecule has 2 aromatic rings. The molecule has 1 atom stereocenters. The number of carbonyl (C=O) groups is 2. The Bertz CT molecular complexity index is 741. The molecule has 0 radical (unpaired) electrons. The van der Waals surface area contributed by atoms with Crippen molar-refractivity contribution >= 4 is 28.8 Å². The lowest BCUT2D eigenvalue weighted by Crippen LogP contribution is -2.50. The number of amides is 2. The predicted octanol–water partition coefficient (Wildman–Crippen LogP) is 2.96. The Morgan fingerprint density at radius 2 is 2.08 bits per heavy atom. The van der Waals surface area contributed by atoms with Crippen LogP contribution in [0.25, 0.3) is 0 Å². The molecule has 1 fully saturated rings. The maximum absolute atomic E-state index is 12.2. The summed E-state index contributed by atoms with van der Waals surface area (Å²) in [5.74, 6) is 0.375. The van der Waals surface area contributed by atoms with Gasteiger partial charge in [0.05, 0.1) is 19.1 Å². The van der Waals surface area contributed by atoms with Crippen LogP contribution >= 0.6 is 11.3 Å². The van der Waals surface area contributed by atoms with Crippen molar-refractivity contribution in [3.63, 3.8) is 0 Å². The molecule has 0 spiro atoms. The number of benzene rings is 1. The van der Waals surface area contributed by atoms with Crippen LogP contribution in [0.15, 0.2) is 41.8 Å². The van der Waals surface area contributed by atoms with Crippen molar-refractivity contribution in [2.24, 2.45) is 0 Å². The molecule has 26 heavy (non-hydrogen) atoms. The molecule has 1 aliphatic heterocycles. The number of morpholine rings is 1. The quantitative estimate of drug-likeness (QED) is 0.848. The molecule has 0 saturated carbocycles. The molecule has 6 heteroatoms. The molecule has 1 unspecified atom stereocenters. The molecular weight excluding hydrogens is 348 g/mol. The van der Waals surface area contributed by atoms with Crippen LogP contribution in [0.1, 0.15) is 30.2 Å². The maximum Gasteiger partial charge on any atom is 0.253 e. The Balaban J connectivity index is 1.55. The number of nitrogens with zero attached hydrogens (tertiary/aromatic N) is 1. The molecule has 1 saturated heterocycles. The van der Waals surface area contributed by atoms with Gasteiger partial charge in [-0.1, -0.05) is 32.0 Å². The van der Waals surface area contributed by atoms with E-state index in [0.29, 0.717) is 25.4 Å². The third-order valence-electron chi connectivity index (χ3n) is 4.44. The molecular formula is C20H24N2O3S. The fraction of sp³-hybridized carbons (Fsp3) is 0.400. The lowest BCUT2D eigenvalue weighted by molar-refractivity contribution is -0.129. The largest absolute Gasteiger partial charge is 0.365 e. The van der Waals surface area contributed by atoms with Gasteiger partial charge >= 0.3 is 0 Å². The topological polar surface area (TPSA) is 58.6 Å². The average Bonchev–Trinajstić information content (AvgIpc) is 3.14. The smallest absolute Gasteiger partial charge is 0.253 e. The van der Waals surface area contributed by atoms with Crippen molar-refractivity contribution in [1.82, 2.24) is 5.32 Å². The van der Waals surface area contributed by atoms with Crippen LogP contribution in [0.3, 0.4) is 0 Å². The Morgan fingerprint density at radius 3 is 2.73 bits per heavy atom. The van der Waals surface area contributed by atoms with E-state index in [9.17, 15) is 9.59 Å². The minimum Gasteiger partial charge on any atom is -0.365 e. The highest BCUT2D eigenvalue weighted by Crippen LogP contribution is 2.22. The van der Waals surface area contributed by atoms with Crippen LogP contribution < -0.4 is 10.2 Å². The van der Waals surface area contributed by atoms with E-state index in [1.807, 2.05) is 29.6 Å². The van der Waals surface area contributed by atoms with E-state index in [-0.39, 0.29) is 24.5 Å². The highest BCUT2D eigenvalue weighted by atomic mass is 32.1. The third kappa shape index (κ3) is 4.71. The molecule has 5 nitrogen and oxygen atoms in total. The molecule has 1 aromatic heterocycles. The van der Waals surface area contributed by atoms with E-state index in [1.165, 1.54) is 5.56 Å². The summed E-state index contributed by atoms with van der Waals surface area (Å²) in [4.78, 5) is 27.0. The second-order valence-electron chi connectivity index (χ2n) is 6.74. The first-order valence-electron chi connectivity index (χ1n) is 8.84. The monoisotopic (exact) mass is 372 g/mol. The molecule has 0 bridgehead atoms. The van der Waals surface area contributed by atoms with E-state index < -0.39 is 0 Å². The van der Waals surface area contributed by atoms with Crippen LogP contribution in [0.4, 0.5) is 5.69 Å². The van der Waals surface area contributed by atoms with E-state index in [1.54, 1.807) is 16.2 Å². The van der Waals surface area contributed by atoms with Gasteiger partial charge in [0.2, 0.25) is 5.91 Å². The zero-order valence-electron chi connectivity index (χ0n) is 15.1. The molecule has 0 aliphatic carbocycles. The van der Waals surface area contributed by atoms with Gasteiger partial charge in [-0.05, 0) is 35.1 Å². The zero-order valence-corrected chi connectivity index (χ0v) is 15.9. The number of rotatable bonds is 6. The summed E-state index contributed by atoms with van der Waals surface area (Å²) < 4.78 is 5.59. The molecule has 1 aliphatic rings. The Morgan fingerprint density at radius 1 is 1.31 bits per heavy atom. The molecule has 138 valence electrons. The van der Waals surface area contributed by atoms with Gasteiger partial charge in [0.25, 0.3) is 5.91 Å². The molecule has 3 rings (SSSR count). The second-order valence-corrected chi connectivity index (χ2v) is 7.78. The number of hydrogen-bond acceptors (Lipinski definition) is 4. The van der Waals surface area contributed by atoms with E-state index in [0.717, 1.165) is 10.6 Å². The summed E-state index contributed by atoms with van der Waals surface area (Å²) in [5, 5.41) is 4.87. The number of nitrogens with one attached hydrogen (secondary N) is 1. The maximum atomic E-state index is 12.2. The summed E-state index contributed by atoms with van der Waals surface area (Å²) in [6.45, 7) is 5.17. The Labute approximate surface area is 158 Å². The van der Waals surface area contributed by atoms with Crippen LogP contribution in [-0.4, -0.2) is 37.6 Å². The normalized spacial score (nSPS) is 17.6. The highest BCUT2D eigenvalue weighted by Gasteiger charge is 2.27. The molecule has 1 N–H and O–H groups in total. The van der Waals surface area contributed by atoms with Gasteiger partial charge in [0.1, 0.15) is 6.61 Å². The van der Waals surface area contributed by atoms with Crippen molar-refractivity contribution in [2.75, 3.05) is 24.6 Å². The van der Waals surface area contributed by atoms with Gasteiger partial charge < -0.3 is 15.0 Å². The standard InChI is InChI=1S/C20H24N2O3S/c1-14(2)15-5-7-16(8-6-15)22-12-17(25-13-20(22)24)11-21-19(23)10-18-4-3-9-26-18/h3-9,14,17H,10-13H2,1-2H3,(H,21,23). The number of thiophene rings is 1. The lowest BCUT2D eigenvalue weighted by Gasteiger charge is -2.33. The highest BCUT2D eigenvalue weighted by molar-refractivity contribution is 7.10. The van der Waals surface area contributed by atoms with E-state index in [2.05, 4.69) is 31.3 Å². The number of anilines is 1. The Kier molecular flexibility index (Phi) is 6.06. The summed E-state index contributed by atoms with van der Waals surface area (Å²) >= 11 is 1.57. The lowest BCUT2D eigenvalue weighted by atomic mass is 10.0. The summed E-state index contributed by atoms with van der Waals surface area (Å²) in [6, 6.07) is 11.9. The number of ether oxygens (including phenoxy) is 1. The first-order valence-corrected chi connectivity index (χ1v) is 9.72. The minimum absolute atomic E-state index is 0.0270. The fourth-order valence-corrected chi connectivity index (χ4v) is 3.60. The van der Waals surface area contributed by atoms with Crippen molar-refractivity contribution < 1.29 is 14.3 Å². The van der Waals surface area contributed by atoms with Gasteiger partial charge in [-0.15, -0.1) is 11.3 Å². The summed E-state index contributed by atoms with van der Waals surface area (Å²) in [5.41, 5.74) is 2.12. The van der Waals surface area contributed by atoms with Crippen LogP contribution in [0.2, 0.25) is 0 Å². The summed E-state index contributed by atoms with van der Waals surface area (Å²) in [7, 11) is 0. The van der Waals surface area contributed by atoms with Crippen LogP contribution in [0, 0.1) is 0 Å². The van der Waals surface area contributed by atoms with Gasteiger partial charge in [-0.3, -0.25) is 9.59 Å². The SMILES string of the molecule is CC(C)c1ccc(N2CC(CNC(=O)Cc3cccs3)OCC2=O)cc1. The first-order chi connectivity index (χ1) is 12.5. The first kappa shape index (κ1) is 18.6. The van der Waals surface area contributed by atoms with Crippen molar-refractivity contribution in [3.8, 4) is 0 Å². The van der Waals surface area contributed by atoms with Crippen molar-refractivity contribution in [2.45, 2.75) is 32.3 Å². The van der Waals surface area contributed by atoms with Gasteiger partial charge in [0.15, 0.2) is 0 Å². The van der Waals surface area contributed by atoms with Crippen molar-refractivity contribution in [1.29, 1.82) is 0 Å². The second kappa shape index (κ2) is 8.47. The molecule has 2 heterocycles.